The van der Waals surface area contributed by atoms with Gasteiger partial charge in [0.25, 0.3) is 0 Å². The van der Waals surface area contributed by atoms with Crippen LogP contribution in [0.4, 0.5) is 0 Å². The molecule has 1 aliphatic rings. The van der Waals surface area contributed by atoms with Crippen LogP contribution in [0.5, 0.6) is 0 Å². The molecule has 96 valence electrons. The molecule has 0 radical (unpaired) electrons. The molecule has 4 nitrogen and oxygen atoms in total. The van der Waals surface area contributed by atoms with E-state index in [1.807, 2.05) is 25.5 Å². The average Bonchev–Trinajstić information content (AvgIpc) is 2.79. The van der Waals surface area contributed by atoms with E-state index in [1.54, 1.807) is 6.20 Å². The maximum absolute atomic E-state index is 10.1. The van der Waals surface area contributed by atoms with Crippen LogP contribution in [0.25, 0.3) is 0 Å². The van der Waals surface area contributed by atoms with Gasteiger partial charge in [-0.2, -0.15) is 0 Å². The van der Waals surface area contributed by atoms with Crippen molar-refractivity contribution < 1.29 is 5.11 Å². The minimum atomic E-state index is -0.661. The van der Waals surface area contributed by atoms with E-state index in [9.17, 15) is 5.11 Å². The summed E-state index contributed by atoms with van der Waals surface area (Å²) in [4.78, 5) is 6.59. The van der Waals surface area contributed by atoms with Crippen molar-refractivity contribution in [2.75, 3.05) is 6.54 Å². The molecule has 1 aromatic rings. The predicted molar refractivity (Wildman–Crippen MR) is 67.9 cm³/mol. The third kappa shape index (κ3) is 2.64. The normalized spacial score (nSPS) is 22.3. The number of likely N-dealkylation sites (tertiary alicyclic amines) is 1. The Kier molecular flexibility index (Phi) is 3.48. The lowest BCUT2D eigenvalue weighted by Crippen LogP contribution is -2.45. The third-order valence-electron chi connectivity index (χ3n) is 3.55. The van der Waals surface area contributed by atoms with Gasteiger partial charge in [0.2, 0.25) is 0 Å². The molecule has 1 atom stereocenters. The van der Waals surface area contributed by atoms with Crippen molar-refractivity contribution in [2.24, 2.45) is 7.05 Å². The van der Waals surface area contributed by atoms with Gasteiger partial charge in [0, 0.05) is 13.1 Å². The van der Waals surface area contributed by atoms with E-state index in [4.69, 9.17) is 11.6 Å². The first-order chi connectivity index (χ1) is 7.89. The van der Waals surface area contributed by atoms with Gasteiger partial charge in [-0.3, -0.25) is 4.90 Å². The molecule has 5 heteroatoms. The zero-order valence-electron chi connectivity index (χ0n) is 10.6. The van der Waals surface area contributed by atoms with Crippen molar-refractivity contribution in [2.45, 2.75) is 44.9 Å². The van der Waals surface area contributed by atoms with E-state index < -0.39 is 5.60 Å². The van der Waals surface area contributed by atoms with E-state index >= 15 is 0 Å². The highest BCUT2D eigenvalue weighted by molar-refractivity contribution is 6.29. The molecule has 1 aromatic heterocycles. The smallest absolute Gasteiger partial charge is 0.128 e. The Labute approximate surface area is 107 Å². The maximum atomic E-state index is 10.1. The molecule has 0 spiro atoms. The van der Waals surface area contributed by atoms with Gasteiger partial charge in [0.15, 0.2) is 0 Å². The Bertz CT molecular complexity index is 397. The van der Waals surface area contributed by atoms with Crippen LogP contribution in [0.3, 0.4) is 0 Å². The van der Waals surface area contributed by atoms with E-state index in [-0.39, 0.29) is 6.04 Å². The minimum Gasteiger partial charge on any atom is -0.389 e. The summed E-state index contributed by atoms with van der Waals surface area (Å²) in [5.41, 5.74) is -0.661. The van der Waals surface area contributed by atoms with Gasteiger partial charge in [-0.25, -0.2) is 4.98 Å². The molecular formula is C12H20ClN3O. The molecule has 1 aliphatic heterocycles. The number of imidazole rings is 1. The predicted octanol–water partition coefficient (Wildman–Crippen LogP) is 1.81. The SMILES string of the molecule is Cn1c(Cl)cnc1CN1CCCC1C(C)(C)O. The number of aliphatic hydroxyl groups is 1. The summed E-state index contributed by atoms with van der Waals surface area (Å²) < 4.78 is 1.89. The Morgan fingerprint density at radius 3 is 2.82 bits per heavy atom. The zero-order valence-corrected chi connectivity index (χ0v) is 11.4. The van der Waals surface area contributed by atoms with Crippen LogP contribution in [-0.4, -0.2) is 37.7 Å². The quantitative estimate of drug-likeness (QED) is 0.898. The Hall–Kier alpha value is -0.580. The van der Waals surface area contributed by atoms with E-state index in [1.165, 1.54) is 0 Å². The number of halogens is 1. The first-order valence-corrected chi connectivity index (χ1v) is 6.40. The lowest BCUT2D eigenvalue weighted by molar-refractivity contribution is -0.00596. The topological polar surface area (TPSA) is 41.3 Å². The van der Waals surface area contributed by atoms with Crippen LogP contribution in [0.2, 0.25) is 5.15 Å². The molecule has 0 bridgehead atoms. The van der Waals surface area contributed by atoms with Gasteiger partial charge in [-0.1, -0.05) is 11.6 Å². The van der Waals surface area contributed by atoms with Crippen LogP contribution in [0.15, 0.2) is 6.20 Å². The standard InChI is InChI=1S/C12H20ClN3O/c1-12(2,17)9-5-4-6-16(9)8-11-14-7-10(13)15(11)3/h7,9,17H,4-6,8H2,1-3H3. The number of rotatable bonds is 3. The van der Waals surface area contributed by atoms with Gasteiger partial charge in [-0.15, -0.1) is 0 Å². The molecule has 1 unspecified atom stereocenters. The second-order valence-corrected chi connectivity index (χ2v) is 5.73. The highest BCUT2D eigenvalue weighted by Gasteiger charge is 2.36. The largest absolute Gasteiger partial charge is 0.389 e. The second-order valence-electron chi connectivity index (χ2n) is 5.34. The summed E-state index contributed by atoms with van der Waals surface area (Å²) in [6.07, 6.45) is 3.85. The molecule has 1 fully saturated rings. The first-order valence-electron chi connectivity index (χ1n) is 6.02. The summed E-state index contributed by atoms with van der Waals surface area (Å²) in [6.45, 7) is 5.51. The second kappa shape index (κ2) is 4.59. The lowest BCUT2D eigenvalue weighted by atomic mass is 9.97. The summed E-state index contributed by atoms with van der Waals surface area (Å²) in [6, 6.07) is 0.206. The Balaban J connectivity index is 2.11. The molecule has 17 heavy (non-hydrogen) atoms. The van der Waals surface area contributed by atoms with Crippen LogP contribution >= 0.6 is 11.6 Å². The number of aromatic nitrogens is 2. The van der Waals surface area contributed by atoms with Crippen molar-refractivity contribution >= 4 is 11.6 Å². The number of nitrogens with zero attached hydrogens (tertiary/aromatic N) is 3. The molecule has 1 saturated heterocycles. The van der Waals surface area contributed by atoms with E-state index in [0.29, 0.717) is 5.15 Å². The molecule has 1 N–H and O–H groups in total. The minimum absolute atomic E-state index is 0.206. The zero-order chi connectivity index (χ0) is 12.6. The third-order valence-corrected chi connectivity index (χ3v) is 3.90. The van der Waals surface area contributed by atoms with Gasteiger partial charge < -0.3 is 9.67 Å². The monoisotopic (exact) mass is 257 g/mol. The molecule has 0 saturated carbocycles. The Morgan fingerprint density at radius 2 is 2.29 bits per heavy atom. The fourth-order valence-electron chi connectivity index (χ4n) is 2.57. The summed E-state index contributed by atoms with van der Waals surface area (Å²) >= 11 is 5.97. The van der Waals surface area contributed by atoms with Gasteiger partial charge in [0.1, 0.15) is 11.0 Å². The first kappa shape index (κ1) is 12.9. The number of hydrogen-bond donors (Lipinski definition) is 1. The fourth-order valence-corrected chi connectivity index (χ4v) is 2.71. The van der Waals surface area contributed by atoms with Crippen molar-refractivity contribution in [3.63, 3.8) is 0 Å². The summed E-state index contributed by atoms with van der Waals surface area (Å²) in [5, 5.41) is 10.8. The van der Waals surface area contributed by atoms with E-state index in [2.05, 4.69) is 9.88 Å². The van der Waals surface area contributed by atoms with Crippen LogP contribution in [-0.2, 0) is 13.6 Å². The summed E-state index contributed by atoms with van der Waals surface area (Å²) in [7, 11) is 1.92. The van der Waals surface area contributed by atoms with Crippen molar-refractivity contribution in [3.05, 3.63) is 17.2 Å². The van der Waals surface area contributed by atoms with Gasteiger partial charge in [0.05, 0.1) is 18.3 Å². The molecule has 2 heterocycles. The van der Waals surface area contributed by atoms with Gasteiger partial charge in [-0.05, 0) is 33.2 Å². The number of hydrogen-bond acceptors (Lipinski definition) is 3. The van der Waals surface area contributed by atoms with Crippen molar-refractivity contribution in [3.8, 4) is 0 Å². The lowest BCUT2D eigenvalue weighted by Gasteiger charge is -2.33. The highest BCUT2D eigenvalue weighted by atomic mass is 35.5. The van der Waals surface area contributed by atoms with Gasteiger partial charge >= 0.3 is 0 Å². The van der Waals surface area contributed by atoms with Crippen LogP contribution < -0.4 is 0 Å². The Morgan fingerprint density at radius 1 is 1.59 bits per heavy atom. The van der Waals surface area contributed by atoms with Crippen molar-refractivity contribution in [1.82, 2.24) is 14.5 Å². The van der Waals surface area contributed by atoms with Crippen LogP contribution in [0, 0.1) is 0 Å². The average molecular weight is 258 g/mol. The van der Waals surface area contributed by atoms with Crippen molar-refractivity contribution in [1.29, 1.82) is 0 Å². The molecule has 0 aliphatic carbocycles. The summed E-state index contributed by atoms with van der Waals surface area (Å²) in [5.74, 6) is 0.950. The van der Waals surface area contributed by atoms with Crippen LogP contribution in [0.1, 0.15) is 32.5 Å². The highest BCUT2D eigenvalue weighted by Crippen LogP contribution is 2.28. The van der Waals surface area contributed by atoms with E-state index in [0.717, 1.165) is 31.8 Å². The molecule has 2 rings (SSSR count). The molecular weight excluding hydrogens is 238 g/mol. The fraction of sp³-hybridized carbons (Fsp3) is 0.750. The maximum Gasteiger partial charge on any atom is 0.128 e. The molecule has 0 aromatic carbocycles. The molecule has 0 amide bonds.